The lowest BCUT2D eigenvalue weighted by molar-refractivity contribution is -0.123. The summed E-state index contributed by atoms with van der Waals surface area (Å²) in [5, 5.41) is 9.01. The van der Waals surface area contributed by atoms with Crippen LogP contribution in [-0.2, 0) is 4.79 Å². The van der Waals surface area contributed by atoms with Crippen LogP contribution in [0.15, 0.2) is 42.5 Å². The second-order valence-electron chi connectivity index (χ2n) is 6.41. The number of rotatable bonds is 3. The van der Waals surface area contributed by atoms with Gasteiger partial charge in [0.1, 0.15) is 0 Å². The van der Waals surface area contributed by atoms with Gasteiger partial charge >= 0.3 is 0 Å². The third-order valence-corrected chi connectivity index (χ3v) is 4.78. The van der Waals surface area contributed by atoms with Gasteiger partial charge in [0, 0.05) is 6.04 Å². The lowest BCUT2D eigenvalue weighted by Gasteiger charge is -2.31. The number of hydrogen-bond donors (Lipinski definition) is 2. The number of amides is 1. The lowest BCUT2D eigenvalue weighted by Crippen LogP contribution is -2.49. The predicted molar refractivity (Wildman–Crippen MR) is 98.2 cm³/mol. The van der Waals surface area contributed by atoms with Crippen molar-refractivity contribution in [2.75, 3.05) is 13.1 Å². The number of halogens is 1. The summed E-state index contributed by atoms with van der Waals surface area (Å²) in [6.45, 7) is 6.15. The quantitative estimate of drug-likeness (QED) is 0.903. The second kappa shape index (κ2) is 7.80. The molecule has 3 rings (SSSR count). The molecule has 4 heteroatoms. The monoisotopic (exact) mass is 332 g/mol. The number of fused-ring (bicyclic) bond motifs is 1. The van der Waals surface area contributed by atoms with Crippen molar-refractivity contribution in [3.05, 3.63) is 48.0 Å². The normalized spacial score (nSPS) is 22.2. The molecule has 3 atom stereocenters. The Kier molecular flexibility index (Phi) is 6.03. The average Bonchev–Trinajstić information content (AvgIpc) is 2.55. The second-order valence-corrected chi connectivity index (χ2v) is 6.41. The topological polar surface area (TPSA) is 41.1 Å². The minimum absolute atomic E-state index is 0. The minimum Gasteiger partial charge on any atom is -0.352 e. The minimum atomic E-state index is -0.119. The van der Waals surface area contributed by atoms with Crippen molar-refractivity contribution in [2.45, 2.75) is 32.2 Å². The summed E-state index contributed by atoms with van der Waals surface area (Å²) in [4.78, 5) is 12.6. The highest BCUT2D eigenvalue weighted by atomic mass is 35.5. The van der Waals surface area contributed by atoms with E-state index in [2.05, 4.69) is 47.9 Å². The summed E-state index contributed by atoms with van der Waals surface area (Å²) in [5.74, 6) is 0.502. The van der Waals surface area contributed by atoms with Gasteiger partial charge in [0.2, 0.25) is 5.91 Å². The molecule has 1 aliphatic heterocycles. The average molecular weight is 333 g/mol. The van der Waals surface area contributed by atoms with E-state index in [0.717, 1.165) is 25.1 Å². The molecule has 0 radical (unpaired) electrons. The summed E-state index contributed by atoms with van der Waals surface area (Å²) >= 11 is 0. The van der Waals surface area contributed by atoms with Crippen LogP contribution in [0.3, 0.4) is 0 Å². The van der Waals surface area contributed by atoms with Crippen LogP contribution in [0.4, 0.5) is 0 Å². The zero-order chi connectivity index (χ0) is 15.5. The summed E-state index contributed by atoms with van der Waals surface area (Å²) in [7, 11) is 0. The van der Waals surface area contributed by atoms with E-state index in [9.17, 15) is 4.79 Å². The summed E-state index contributed by atoms with van der Waals surface area (Å²) in [5.41, 5.74) is 1.08. The molecule has 3 nitrogen and oxygen atoms in total. The highest BCUT2D eigenvalue weighted by molar-refractivity contribution is 5.87. The molecule has 3 unspecified atom stereocenters. The van der Waals surface area contributed by atoms with Gasteiger partial charge in [-0.1, -0.05) is 49.4 Å². The van der Waals surface area contributed by atoms with Crippen molar-refractivity contribution in [3.8, 4) is 0 Å². The SMILES string of the molecule is CC(C(=O)NC1CCNCC1C)c1ccc2ccccc2c1.Cl. The van der Waals surface area contributed by atoms with Gasteiger partial charge in [-0.2, -0.15) is 0 Å². The first-order chi connectivity index (χ1) is 10.6. The van der Waals surface area contributed by atoms with Crippen molar-refractivity contribution >= 4 is 29.1 Å². The van der Waals surface area contributed by atoms with Gasteiger partial charge in [0.05, 0.1) is 5.92 Å². The zero-order valence-corrected chi connectivity index (χ0v) is 14.5. The largest absolute Gasteiger partial charge is 0.352 e. The molecule has 0 saturated carbocycles. The Hall–Kier alpha value is -1.58. The Labute approximate surface area is 144 Å². The fourth-order valence-corrected chi connectivity index (χ4v) is 3.16. The van der Waals surface area contributed by atoms with Crippen LogP contribution in [0.2, 0.25) is 0 Å². The van der Waals surface area contributed by atoms with E-state index < -0.39 is 0 Å². The Bertz CT molecular complexity index is 673. The maximum atomic E-state index is 12.6. The third kappa shape index (κ3) is 4.04. The molecule has 2 aromatic rings. The maximum Gasteiger partial charge on any atom is 0.227 e. The molecular weight excluding hydrogens is 308 g/mol. The number of hydrogen-bond acceptors (Lipinski definition) is 2. The molecule has 1 saturated heterocycles. The zero-order valence-electron chi connectivity index (χ0n) is 13.7. The third-order valence-electron chi connectivity index (χ3n) is 4.78. The van der Waals surface area contributed by atoms with Gasteiger partial charge in [-0.3, -0.25) is 4.79 Å². The van der Waals surface area contributed by atoms with E-state index in [1.165, 1.54) is 10.8 Å². The Morgan fingerprint density at radius 2 is 1.96 bits per heavy atom. The van der Waals surface area contributed by atoms with Gasteiger partial charge in [-0.15, -0.1) is 12.4 Å². The molecule has 2 N–H and O–H groups in total. The van der Waals surface area contributed by atoms with Crippen molar-refractivity contribution in [2.24, 2.45) is 5.92 Å². The van der Waals surface area contributed by atoms with E-state index in [4.69, 9.17) is 0 Å². The number of piperidine rings is 1. The van der Waals surface area contributed by atoms with Crippen LogP contribution in [0.5, 0.6) is 0 Å². The molecular formula is C19H25ClN2O. The molecule has 0 spiro atoms. The van der Waals surface area contributed by atoms with E-state index in [-0.39, 0.29) is 30.3 Å². The summed E-state index contributed by atoms with van der Waals surface area (Å²) < 4.78 is 0. The van der Waals surface area contributed by atoms with E-state index >= 15 is 0 Å². The number of carbonyl (C=O) groups excluding carboxylic acids is 1. The van der Waals surface area contributed by atoms with Gasteiger partial charge < -0.3 is 10.6 Å². The summed E-state index contributed by atoms with van der Waals surface area (Å²) in [6, 6.07) is 14.9. The fourth-order valence-electron chi connectivity index (χ4n) is 3.16. The standard InChI is InChI=1S/C19H24N2O.ClH/c1-13-12-20-10-9-18(13)21-19(22)14(2)16-8-7-15-5-3-4-6-17(15)11-16;/h3-8,11,13-14,18,20H,9-10,12H2,1-2H3,(H,21,22);1H. The van der Waals surface area contributed by atoms with Crippen LogP contribution in [0, 0.1) is 5.92 Å². The molecule has 0 bridgehead atoms. The van der Waals surface area contributed by atoms with E-state index in [1.54, 1.807) is 0 Å². The van der Waals surface area contributed by atoms with E-state index in [1.807, 2.05) is 19.1 Å². The van der Waals surface area contributed by atoms with Gasteiger partial charge in [-0.05, 0) is 48.7 Å². The fraction of sp³-hybridized carbons (Fsp3) is 0.421. The van der Waals surface area contributed by atoms with Gasteiger partial charge in [-0.25, -0.2) is 0 Å². The van der Waals surface area contributed by atoms with Gasteiger partial charge in [0.25, 0.3) is 0 Å². The maximum absolute atomic E-state index is 12.6. The smallest absolute Gasteiger partial charge is 0.227 e. The Morgan fingerprint density at radius 1 is 1.22 bits per heavy atom. The van der Waals surface area contributed by atoms with Crippen LogP contribution >= 0.6 is 12.4 Å². The predicted octanol–water partition coefficient (Wildman–Crippen LogP) is 3.48. The van der Waals surface area contributed by atoms with Gasteiger partial charge in [0.15, 0.2) is 0 Å². The molecule has 1 fully saturated rings. The van der Waals surface area contributed by atoms with Crippen molar-refractivity contribution in [1.82, 2.24) is 10.6 Å². The van der Waals surface area contributed by atoms with E-state index in [0.29, 0.717) is 5.92 Å². The first kappa shape index (κ1) is 17.8. The van der Waals surface area contributed by atoms with Crippen molar-refractivity contribution < 1.29 is 4.79 Å². The molecule has 0 aliphatic carbocycles. The summed E-state index contributed by atoms with van der Waals surface area (Å²) in [6.07, 6.45) is 1.01. The lowest BCUT2D eigenvalue weighted by atomic mass is 9.93. The van der Waals surface area contributed by atoms with Crippen molar-refractivity contribution in [1.29, 1.82) is 0 Å². The van der Waals surface area contributed by atoms with Crippen LogP contribution in [-0.4, -0.2) is 25.0 Å². The molecule has 1 aliphatic rings. The number of nitrogens with one attached hydrogen (secondary N) is 2. The van der Waals surface area contributed by atoms with Crippen LogP contribution in [0.25, 0.3) is 10.8 Å². The number of carbonyl (C=O) groups is 1. The van der Waals surface area contributed by atoms with Crippen LogP contribution < -0.4 is 10.6 Å². The Morgan fingerprint density at radius 3 is 2.70 bits per heavy atom. The first-order valence-electron chi connectivity index (χ1n) is 8.15. The Balaban J connectivity index is 0.00000192. The highest BCUT2D eigenvalue weighted by Gasteiger charge is 2.25. The van der Waals surface area contributed by atoms with Crippen LogP contribution in [0.1, 0.15) is 31.7 Å². The van der Waals surface area contributed by atoms with Crippen molar-refractivity contribution in [3.63, 3.8) is 0 Å². The number of benzene rings is 2. The molecule has 23 heavy (non-hydrogen) atoms. The molecule has 1 heterocycles. The molecule has 1 amide bonds. The molecule has 124 valence electrons. The highest BCUT2D eigenvalue weighted by Crippen LogP contribution is 2.22. The molecule has 0 aromatic heterocycles. The molecule has 2 aromatic carbocycles. The first-order valence-corrected chi connectivity index (χ1v) is 8.15.